The van der Waals surface area contributed by atoms with Crippen molar-refractivity contribution in [3.63, 3.8) is 0 Å². The van der Waals surface area contributed by atoms with Gasteiger partial charge in [0.05, 0.1) is 7.11 Å². The lowest BCUT2D eigenvalue weighted by Gasteiger charge is -2.05. The van der Waals surface area contributed by atoms with Crippen LogP contribution in [0.5, 0.6) is 0 Å². The molecule has 0 N–H and O–H groups in total. The Bertz CT molecular complexity index is 672. The number of hydrogen-bond donors (Lipinski definition) is 0. The molecule has 0 saturated heterocycles. The maximum atomic E-state index is 13.2. The first-order chi connectivity index (χ1) is 10.6. The Morgan fingerprint density at radius 1 is 1.14 bits per heavy atom. The zero-order valence-corrected chi connectivity index (χ0v) is 12.8. The molecule has 0 fully saturated rings. The zero-order chi connectivity index (χ0) is 15.9. The minimum atomic E-state index is -0.320. The third-order valence-corrected chi connectivity index (χ3v) is 3.49. The normalized spacial score (nSPS) is 11.3. The van der Waals surface area contributed by atoms with Gasteiger partial charge in [0.15, 0.2) is 0 Å². The van der Waals surface area contributed by atoms with Crippen LogP contribution < -0.4 is 0 Å². The Balaban J connectivity index is 2.01. The average Bonchev–Trinajstić information content (AvgIpc) is 2.53. The van der Waals surface area contributed by atoms with Crippen LogP contribution in [0.3, 0.4) is 0 Å². The number of aryl methyl sites for hydroxylation is 1. The van der Waals surface area contributed by atoms with E-state index in [2.05, 4.69) is 4.74 Å². The lowest BCUT2D eigenvalue weighted by Crippen LogP contribution is -1.96. The van der Waals surface area contributed by atoms with E-state index < -0.39 is 0 Å². The van der Waals surface area contributed by atoms with Gasteiger partial charge in [0.25, 0.3) is 0 Å². The van der Waals surface area contributed by atoms with Crippen LogP contribution in [0.4, 0.5) is 4.39 Å². The van der Waals surface area contributed by atoms with Gasteiger partial charge in [-0.05, 0) is 48.6 Å². The molecule has 2 aromatic rings. The standard InChI is InChI=1S/C19H19FO2/c1-14(12-19(21)22-2)6-7-15-8-10-16(11-9-15)17-4-3-5-18(20)13-17/h3-5,8-13H,6-7H2,1-2H3/b14-12+. The SMILES string of the molecule is COC(=O)/C=C(\C)CCc1ccc(-c2cccc(F)c2)cc1. The Hall–Kier alpha value is -2.42. The van der Waals surface area contributed by atoms with E-state index in [0.717, 1.165) is 29.5 Å². The van der Waals surface area contributed by atoms with Crippen molar-refractivity contribution in [3.8, 4) is 11.1 Å². The Labute approximate surface area is 130 Å². The predicted octanol–water partition coefficient (Wildman–Crippen LogP) is 4.54. The van der Waals surface area contributed by atoms with Crippen LogP contribution in [0.15, 0.2) is 60.2 Å². The fraction of sp³-hybridized carbons (Fsp3) is 0.211. The van der Waals surface area contributed by atoms with Crippen LogP contribution in [0.2, 0.25) is 0 Å². The fourth-order valence-electron chi connectivity index (χ4n) is 2.21. The van der Waals surface area contributed by atoms with E-state index in [-0.39, 0.29) is 11.8 Å². The van der Waals surface area contributed by atoms with Crippen molar-refractivity contribution < 1.29 is 13.9 Å². The van der Waals surface area contributed by atoms with Crippen LogP contribution in [-0.4, -0.2) is 13.1 Å². The molecule has 22 heavy (non-hydrogen) atoms. The van der Waals surface area contributed by atoms with Crippen molar-refractivity contribution in [1.82, 2.24) is 0 Å². The number of halogens is 1. The van der Waals surface area contributed by atoms with Crippen LogP contribution in [0, 0.1) is 5.82 Å². The number of rotatable bonds is 5. The van der Waals surface area contributed by atoms with Crippen molar-refractivity contribution in [2.45, 2.75) is 19.8 Å². The highest BCUT2D eigenvalue weighted by Gasteiger charge is 2.01. The molecule has 0 amide bonds. The molecule has 2 rings (SSSR count). The zero-order valence-electron chi connectivity index (χ0n) is 12.8. The first-order valence-electron chi connectivity index (χ1n) is 7.18. The highest BCUT2D eigenvalue weighted by molar-refractivity contribution is 5.82. The van der Waals surface area contributed by atoms with E-state index in [4.69, 9.17) is 0 Å². The van der Waals surface area contributed by atoms with Crippen LogP contribution in [-0.2, 0) is 16.0 Å². The highest BCUT2D eigenvalue weighted by Crippen LogP contribution is 2.21. The summed E-state index contributed by atoms with van der Waals surface area (Å²) in [5, 5.41) is 0. The summed E-state index contributed by atoms with van der Waals surface area (Å²) in [5.41, 5.74) is 4.03. The Morgan fingerprint density at radius 2 is 1.86 bits per heavy atom. The topological polar surface area (TPSA) is 26.3 Å². The van der Waals surface area contributed by atoms with Gasteiger partial charge in [-0.15, -0.1) is 0 Å². The molecule has 0 saturated carbocycles. The van der Waals surface area contributed by atoms with E-state index in [0.29, 0.717) is 0 Å². The van der Waals surface area contributed by atoms with Gasteiger partial charge in [0, 0.05) is 6.08 Å². The summed E-state index contributed by atoms with van der Waals surface area (Å²) in [7, 11) is 1.37. The summed E-state index contributed by atoms with van der Waals surface area (Å²) in [6.07, 6.45) is 3.16. The first kappa shape index (κ1) is 16.0. The molecule has 114 valence electrons. The number of carbonyl (C=O) groups is 1. The van der Waals surface area contributed by atoms with Crippen LogP contribution >= 0.6 is 0 Å². The molecule has 0 unspecified atom stereocenters. The van der Waals surface area contributed by atoms with E-state index in [1.54, 1.807) is 6.07 Å². The minimum Gasteiger partial charge on any atom is -0.466 e. The van der Waals surface area contributed by atoms with E-state index in [9.17, 15) is 9.18 Å². The molecule has 0 atom stereocenters. The van der Waals surface area contributed by atoms with Gasteiger partial charge >= 0.3 is 5.97 Å². The monoisotopic (exact) mass is 298 g/mol. The predicted molar refractivity (Wildman–Crippen MR) is 85.9 cm³/mol. The molecule has 3 heteroatoms. The molecule has 0 aliphatic carbocycles. The number of allylic oxidation sites excluding steroid dienone is 1. The molecule has 0 radical (unpaired) electrons. The van der Waals surface area contributed by atoms with Crippen molar-refractivity contribution in [3.05, 3.63) is 71.6 Å². The van der Waals surface area contributed by atoms with E-state index in [1.807, 2.05) is 37.3 Å². The molecule has 2 aromatic carbocycles. The fourth-order valence-corrected chi connectivity index (χ4v) is 2.21. The maximum absolute atomic E-state index is 13.2. The molecule has 0 aliphatic rings. The summed E-state index contributed by atoms with van der Waals surface area (Å²) in [6.45, 7) is 1.91. The molecule has 0 aliphatic heterocycles. The second kappa shape index (κ2) is 7.55. The lowest BCUT2D eigenvalue weighted by atomic mass is 10.0. The van der Waals surface area contributed by atoms with Gasteiger partial charge < -0.3 is 4.74 Å². The third kappa shape index (κ3) is 4.55. The number of benzene rings is 2. The van der Waals surface area contributed by atoms with Crippen molar-refractivity contribution in [2.75, 3.05) is 7.11 Å². The average molecular weight is 298 g/mol. The Morgan fingerprint density at radius 3 is 2.50 bits per heavy atom. The van der Waals surface area contributed by atoms with Gasteiger partial charge in [-0.1, -0.05) is 42.0 Å². The van der Waals surface area contributed by atoms with Gasteiger partial charge in [0.2, 0.25) is 0 Å². The van der Waals surface area contributed by atoms with E-state index >= 15 is 0 Å². The summed E-state index contributed by atoms with van der Waals surface area (Å²) in [4.78, 5) is 11.1. The Kier molecular flexibility index (Phi) is 5.48. The van der Waals surface area contributed by atoms with Crippen molar-refractivity contribution >= 4 is 5.97 Å². The highest BCUT2D eigenvalue weighted by atomic mass is 19.1. The summed E-state index contributed by atoms with van der Waals surface area (Å²) in [5.74, 6) is -0.552. The van der Waals surface area contributed by atoms with Gasteiger partial charge in [-0.25, -0.2) is 9.18 Å². The van der Waals surface area contributed by atoms with Crippen molar-refractivity contribution in [2.24, 2.45) is 0 Å². The van der Waals surface area contributed by atoms with Gasteiger partial charge in [-0.2, -0.15) is 0 Å². The number of hydrogen-bond acceptors (Lipinski definition) is 2. The van der Waals surface area contributed by atoms with Crippen molar-refractivity contribution in [1.29, 1.82) is 0 Å². The van der Waals surface area contributed by atoms with Crippen LogP contribution in [0.25, 0.3) is 11.1 Å². The number of ether oxygens (including phenoxy) is 1. The maximum Gasteiger partial charge on any atom is 0.330 e. The minimum absolute atomic E-state index is 0.231. The number of carbonyl (C=O) groups excluding carboxylic acids is 1. The second-order valence-electron chi connectivity index (χ2n) is 5.22. The molecule has 0 bridgehead atoms. The smallest absolute Gasteiger partial charge is 0.330 e. The van der Waals surface area contributed by atoms with E-state index in [1.165, 1.54) is 30.9 Å². The summed E-state index contributed by atoms with van der Waals surface area (Å²) >= 11 is 0. The molecular weight excluding hydrogens is 279 g/mol. The first-order valence-corrected chi connectivity index (χ1v) is 7.18. The second-order valence-corrected chi connectivity index (χ2v) is 5.22. The molecule has 0 spiro atoms. The molecule has 0 aromatic heterocycles. The molecular formula is C19H19FO2. The molecule has 0 heterocycles. The summed E-state index contributed by atoms with van der Waals surface area (Å²) < 4.78 is 17.8. The van der Waals surface area contributed by atoms with Crippen LogP contribution in [0.1, 0.15) is 18.9 Å². The largest absolute Gasteiger partial charge is 0.466 e. The lowest BCUT2D eigenvalue weighted by molar-refractivity contribution is -0.134. The third-order valence-electron chi connectivity index (χ3n) is 3.49. The number of methoxy groups -OCH3 is 1. The number of esters is 1. The summed E-state index contributed by atoms with van der Waals surface area (Å²) in [6, 6.07) is 14.6. The van der Waals surface area contributed by atoms with Gasteiger partial charge in [0.1, 0.15) is 5.82 Å². The van der Waals surface area contributed by atoms with Gasteiger partial charge in [-0.3, -0.25) is 0 Å². The molecule has 2 nitrogen and oxygen atoms in total. The quantitative estimate of drug-likeness (QED) is 0.598.